The van der Waals surface area contributed by atoms with Gasteiger partial charge >= 0.3 is 0 Å². The van der Waals surface area contributed by atoms with Crippen molar-refractivity contribution in [2.75, 3.05) is 20.6 Å². The topological polar surface area (TPSA) is 37.3 Å². The van der Waals surface area contributed by atoms with Gasteiger partial charge in [-0.25, -0.2) is 0 Å². The van der Waals surface area contributed by atoms with Crippen LogP contribution >= 0.6 is 0 Å². The highest BCUT2D eigenvalue weighted by molar-refractivity contribution is 5.80. The normalized spacial score (nSPS) is 12.4. The zero-order valence-electron chi connectivity index (χ0n) is 15.6. The molecule has 1 heterocycles. The Hall–Kier alpha value is -2.59. The Morgan fingerprint density at radius 2 is 1.77 bits per heavy atom. The molecule has 4 nitrogen and oxygen atoms in total. The van der Waals surface area contributed by atoms with E-state index in [2.05, 4.69) is 51.3 Å². The molecule has 26 heavy (non-hydrogen) atoms. The van der Waals surface area contributed by atoms with Crippen molar-refractivity contribution in [1.29, 1.82) is 0 Å². The van der Waals surface area contributed by atoms with Gasteiger partial charge in [0.2, 0.25) is 5.91 Å². The van der Waals surface area contributed by atoms with Crippen LogP contribution in [0.2, 0.25) is 0 Å². The fourth-order valence-corrected chi connectivity index (χ4v) is 3.36. The van der Waals surface area contributed by atoms with Gasteiger partial charge in [0.05, 0.1) is 0 Å². The van der Waals surface area contributed by atoms with Crippen molar-refractivity contribution in [2.45, 2.75) is 25.4 Å². The molecule has 1 atom stereocenters. The molecule has 1 aromatic heterocycles. The minimum absolute atomic E-state index is 0.102. The first-order valence-electron chi connectivity index (χ1n) is 9.14. The lowest BCUT2D eigenvalue weighted by molar-refractivity contribution is -0.122. The lowest BCUT2D eigenvalue weighted by Crippen LogP contribution is -2.43. The van der Waals surface area contributed by atoms with Crippen LogP contribution in [0.15, 0.2) is 66.9 Å². The Balaban J connectivity index is 1.58. The summed E-state index contributed by atoms with van der Waals surface area (Å²) in [6, 6.07) is 20.8. The first kappa shape index (κ1) is 18.2. The standard InChI is InChI=1S/C22H27N3O/c1-24(2)17-20(16-18-8-4-3-5-9-18)23-22(26)13-15-25-14-12-19-10-6-7-11-21(19)25/h3-12,14,20H,13,15-17H2,1-2H3,(H,23,26). The van der Waals surface area contributed by atoms with Crippen molar-refractivity contribution in [3.05, 3.63) is 72.4 Å². The number of amides is 1. The number of carbonyl (C=O) groups is 1. The van der Waals surface area contributed by atoms with Gasteiger partial charge in [-0.15, -0.1) is 0 Å². The van der Waals surface area contributed by atoms with Crippen LogP contribution in [0.5, 0.6) is 0 Å². The summed E-state index contributed by atoms with van der Waals surface area (Å²) < 4.78 is 2.15. The summed E-state index contributed by atoms with van der Waals surface area (Å²) in [4.78, 5) is 14.6. The summed E-state index contributed by atoms with van der Waals surface area (Å²) in [6.07, 6.45) is 3.38. The largest absolute Gasteiger partial charge is 0.352 e. The van der Waals surface area contributed by atoms with E-state index in [9.17, 15) is 4.79 Å². The lowest BCUT2D eigenvalue weighted by atomic mass is 10.1. The monoisotopic (exact) mass is 349 g/mol. The molecule has 0 aliphatic carbocycles. The Bertz CT molecular complexity index is 839. The number of carbonyl (C=O) groups excluding carboxylic acids is 1. The second kappa shape index (κ2) is 8.68. The minimum Gasteiger partial charge on any atom is -0.352 e. The zero-order chi connectivity index (χ0) is 18.4. The van der Waals surface area contributed by atoms with E-state index >= 15 is 0 Å². The highest BCUT2D eigenvalue weighted by Crippen LogP contribution is 2.15. The average molecular weight is 349 g/mol. The molecule has 0 radical (unpaired) electrons. The van der Waals surface area contributed by atoms with Gasteiger partial charge in [0.25, 0.3) is 0 Å². The van der Waals surface area contributed by atoms with Gasteiger partial charge in [-0.2, -0.15) is 0 Å². The Labute approximate surface area is 155 Å². The van der Waals surface area contributed by atoms with Gasteiger partial charge < -0.3 is 14.8 Å². The smallest absolute Gasteiger partial charge is 0.222 e. The summed E-state index contributed by atoms with van der Waals surface area (Å²) in [5.74, 6) is 0.102. The molecule has 0 bridgehead atoms. The number of nitrogens with one attached hydrogen (secondary N) is 1. The zero-order valence-corrected chi connectivity index (χ0v) is 15.6. The van der Waals surface area contributed by atoms with Crippen molar-refractivity contribution >= 4 is 16.8 Å². The number of rotatable bonds is 8. The first-order valence-corrected chi connectivity index (χ1v) is 9.14. The van der Waals surface area contributed by atoms with Crippen LogP contribution in [0.4, 0.5) is 0 Å². The Morgan fingerprint density at radius 3 is 2.54 bits per heavy atom. The molecule has 136 valence electrons. The van der Waals surface area contributed by atoms with Gasteiger partial charge in [0.15, 0.2) is 0 Å². The van der Waals surface area contributed by atoms with Crippen LogP contribution < -0.4 is 5.32 Å². The number of hydrogen-bond acceptors (Lipinski definition) is 2. The molecule has 1 unspecified atom stereocenters. The van der Waals surface area contributed by atoms with Crippen molar-refractivity contribution in [2.24, 2.45) is 0 Å². The second-order valence-electron chi connectivity index (χ2n) is 7.03. The van der Waals surface area contributed by atoms with Crippen LogP contribution in [0, 0.1) is 0 Å². The fraction of sp³-hybridized carbons (Fsp3) is 0.318. The molecule has 0 fully saturated rings. The number of fused-ring (bicyclic) bond motifs is 1. The van der Waals surface area contributed by atoms with Crippen molar-refractivity contribution < 1.29 is 4.79 Å². The van der Waals surface area contributed by atoms with Crippen LogP contribution in [-0.2, 0) is 17.8 Å². The summed E-state index contributed by atoms with van der Waals surface area (Å²) in [5.41, 5.74) is 2.42. The number of nitrogens with zero attached hydrogens (tertiary/aromatic N) is 2. The molecular weight excluding hydrogens is 322 g/mol. The van der Waals surface area contributed by atoms with E-state index in [0.717, 1.165) is 13.0 Å². The summed E-state index contributed by atoms with van der Waals surface area (Å²) in [7, 11) is 4.08. The third kappa shape index (κ3) is 4.96. The van der Waals surface area contributed by atoms with Crippen molar-refractivity contribution in [3.63, 3.8) is 0 Å². The van der Waals surface area contributed by atoms with Gasteiger partial charge in [-0.05, 0) is 43.6 Å². The third-order valence-corrected chi connectivity index (χ3v) is 4.54. The van der Waals surface area contributed by atoms with E-state index in [1.165, 1.54) is 16.5 Å². The number of aromatic nitrogens is 1. The molecule has 1 amide bonds. The van der Waals surface area contributed by atoms with Crippen LogP contribution in [0.1, 0.15) is 12.0 Å². The molecule has 0 spiro atoms. The molecule has 0 aliphatic heterocycles. The van der Waals surface area contributed by atoms with Crippen molar-refractivity contribution in [1.82, 2.24) is 14.8 Å². The molecule has 0 aliphatic rings. The number of hydrogen-bond donors (Lipinski definition) is 1. The van der Waals surface area contributed by atoms with E-state index in [0.29, 0.717) is 13.0 Å². The van der Waals surface area contributed by atoms with Gasteiger partial charge in [0, 0.05) is 37.3 Å². The molecule has 0 saturated carbocycles. The summed E-state index contributed by atoms with van der Waals surface area (Å²) >= 11 is 0. The maximum Gasteiger partial charge on any atom is 0.222 e. The maximum absolute atomic E-state index is 12.5. The van der Waals surface area contributed by atoms with Gasteiger partial charge in [-0.3, -0.25) is 4.79 Å². The SMILES string of the molecule is CN(C)CC(Cc1ccccc1)NC(=O)CCn1ccc2ccccc21. The third-order valence-electron chi connectivity index (χ3n) is 4.54. The Morgan fingerprint density at radius 1 is 1.04 bits per heavy atom. The van der Waals surface area contributed by atoms with Crippen LogP contribution in [-0.4, -0.2) is 42.1 Å². The van der Waals surface area contributed by atoms with E-state index < -0.39 is 0 Å². The van der Waals surface area contributed by atoms with E-state index in [-0.39, 0.29) is 11.9 Å². The van der Waals surface area contributed by atoms with E-state index in [4.69, 9.17) is 0 Å². The summed E-state index contributed by atoms with van der Waals surface area (Å²) in [5, 5.41) is 4.42. The average Bonchev–Trinajstić information content (AvgIpc) is 3.03. The first-order chi connectivity index (χ1) is 12.6. The molecule has 4 heteroatoms. The quantitative estimate of drug-likeness (QED) is 0.677. The predicted octanol–water partition coefficient (Wildman–Crippen LogP) is 3.32. The van der Waals surface area contributed by atoms with Gasteiger partial charge in [-0.1, -0.05) is 48.5 Å². The Kier molecular flexibility index (Phi) is 6.08. The highest BCUT2D eigenvalue weighted by Gasteiger charge is 2.14. The van der Waals surface area contributed by atoms with Gasteiger partial charge in [0.1, 0.15) is 0 Å². The van der Waals surface area contributed by atoms with E-state index in [1.54, 1.807) is 0 Å². The maximum atomic E-state index is 12.5. The highest BCUT2D eigenvalue weighted by atomic mass is 16.1. The van der Waals surface area contributed by atoms with Crippen molar-refractivity contribution in [3.8, 4) is 0 Å². The number of aryl methyl sites for hydroxylation is 1. The molecule has 1 N–H and O–H groups in total. The van der Waals surface area contributed by atoms with Crippen LogP contribution in [0.3, 0.4) is 0 Å². The number of likely N-dealkylation sites (N-methyl/N-ethyl adjacent to an activating group) is 1. The van der Waals surface area contributed by atoms with Crippen LogP contribution in [0.25, 0.3) is 10.9 Å². The summed E-state index contributed by atoms with van der Waals surface area (Å²) in [6.45, 7) is 1.52. The minimum atomic E-state index is 0.102. The number of benzene rings is 2. The number of para-hydroxylation sites is 1. The van der Waals surface area contributed by atoms with E-state index in [1.807, 2.05) is 44.4 Å². The lowest BCUT2D eigenvalue weighted by Gasteiger charge is -2.22. The molecule has 3 aromatic rings. The fourth-order valence-electron chi connectivity index (χ4n) is 3.36. The molecular formula is C22H27N3O. The molecule has 2 aromatic carbocycles. The molecule has 0 saturated heterocycles. The predicted molar refractivity (Wildman–Crippen MR) is 107 cm³/mol. The molecule has 3 rings (SSSR count). The second-order valence-corrected chi connectivity index (χ2v) is 7.03.